The number of rotatable bonds is 7. The predicted octanol–water partition coefficient (Wildman–Crippen LogP) is 4.06. The van der Waals surface area contributed by atoms with Gasteiger partial charge in [0.05, 0.1) is 11.7 Å². The van der Waals surface area contributed by atoms with Crippen molar-refractivity contribution in [3.63, 3.8) is 0 Å². The Hall–Kier alpha value is -1.36. The third-order valence-corrected chi connectivity index (χ3v) is 6.27. The van der Waals surface area contributed by atoms with E-state index in [0.29, 0.717) is 12.1 Å². The number of hydrogen-bond acceptors (Lipinski definition) is 3. The molecule has 4 rings (SSSR count). The first-order valence-electron chi connectivity index (χ1n) is 10.6. The summed E-state index contributed by atoms with van der Waals surface area (Å²) >= 11 is 0. The number of aromatic amines is 1. The molecule has 0 aliphatic carbocycles. The number of aromatic nitrogens is 1. The summed E-state index contributed by atoms with van der Waals surface area (Å²) in [5, 5.41) is 11.4. The average Bonchev–Trinajstić information content (AvgIpc) is 3.36. The molecule has 3 heterocycles. The van der Waals surface area contributed by atoms with E-state index < -0.39 is 5.60 Å². The molecule has 0 unspecified atom stereocenters. The van der Waals surface area contributed by atoms with E-state index in [1.807, 2.05) is 13.8 Å². The van der Waals surface area contributed by atoms with Crippen LogP contribution in [0.2, 0.25) is 0 Å². The molecular weight excluding hydrogens is 336 g/mol. The molecule has 0 radical (unpaired) electrons. The first-order chi connectivity index (χ1) is 13.0. The van der Waals surface area contributed by atoms with Crippen LogP contribution in [0.25, 0.3) is 10.9 Å². The summed E-state index contributed by atoms with van der Waals surface area (Å²) in [5.74, 6) is 0. The van der Waals surface area contributed by atoms with E-state index in [-0.39, 0.29) is 0 Å². The topological polar surface area (TPSA) is 48.5 Å². The first-order valence-corrected chi connectivity index (χ1v) is 10.6. The lowest BCUT2D eigenvalue weighted by Crippen LogP contribution is -2.37. The van der Waals surface area contributed by atoms with Crippen LogP contribution >= 0.6 is 0 Å². The van der Waals surface area contributed by atoms with Gasteiger partial charge in [-0.15, -0.1) is 0 Å². The van der Waals surface area contributed by atoms with E-state index in [9.17, 15) is 5.11 Å². The molecule has 1 aromatic carbocycles. The molecule has 2 aromatic rings. The van der Waals surface area contributed by atoms with Gasteiger partial charge in [0.2, 0.25) is 0 Å². The quantitative estimate of drug-likeness (QED) is 0.773. The molecule has 0 bridgehead atoms. The molecular formula is C23H34N2O2. The second kappa shape index (κ2) is 7.94. The zero-order chi connectivity index (χ0) is 18.9. The molecule has 2 aliphatic heterocycles. The molecule has 2 N–H and O–H groups in total. The summed E-state index contributed by atoms with van der Waals surface area (Å²) in [7, 11) is 0. The highest BCUT2D eigenvalue weighted by molar-refractivity contribution is 5.84. The van der Waals surface area contributed by atoms with Crippen LogP contribution < -0.4 is 0 Å². The minimum Gasteiger partial charge on any atom is -0.390 e. The molecule has 2 atom stereocenters. The van der Waals surface area contributed by atoms with E-state index in [4.69, 9.17) is 4.74 Å². The van der Waals surface area contributed by atoms with Crippen LogP contribution in [-0.4, -0.2) is 52.4 Å². The van der Waals surface area contributed by atoms with Crippen molar-refractivity contribution < 1.29 is 9.84 Å². The van der Waals surface area contributed by atoms with Crippen LogP contribution in [0.5, 0.6) is 0 Å². The molecule has 27 heavy (non-hydrogen) atoms. The maximum Gasteiger partial charge on any atom is 0.0702 e. The number of H-pyrrole nitrogens is 1. The monoisotopic (exact) mass is 370 g/mol. The summed E-state index contributed by atoms with van der Waals surface area (Å²) in [6.45, 7) is 7.03. The van der Waals surface area contributed by atoms with Crippen LogP contribution in [0.15, 0.2) is 24.4 Å². The van der Waals surface area contributed by atoms with Crippen molar-refractivity contribution in [1.82, 2.24) is 9.88 Å². The van der Waals surface area contributed by atoms with Gasteiger partial charge in [-0.3, -0.25) is 4.90 Å². The fraction of sp³-hybridized carbons (Fsp3) is 0.652. The highest BCUT2D eigenvalue weighted by atomic mass is 16.5. The van der Waals surface area contributed by atoms with Gasteiger partial charge in [0.25, 0.3) is 0 Å². The van der Waals surface area contributed by atoms with Crippen molar-refractivity contribution >= 4 is 10.9 Å². The van der Waals surface area contributed by atoms with E-state index in [1.165, 1.54) is 54.3 Å². The van der Waals surface area contributed by atoms with E-state index >= 15 is 0 Å². The van der Waals surface area contributed by atoms with Gasteiger partial charge in [0.1, 0.15) is 0 Å². The van der Waals surface area contributed by atoms with Crippen LogP contribution in [0.3, 0.4) is 0 Å². The second-order valence-corrected chi connectivity index (χ2v) is 9.14. The molecule has 0 amide bonds. The molecule has 0 spiro atoms. The van der Waals surface area contributed by atoms with Gasteiger partial charge in [-0.25, -0.2) is 0 Å². The van der Waals surface area contributed by atoms with Crippen molar-refractivity contribution in [2.24, 2.45) is 0 Å². The van der Waals surface area contributed by atoms with Gasteiger partial charge < -0.3 is 14.8 Å². The van der Waals surface area contributed by atoms with Gasteiger partial charge >= 0.3 is 0 Å². The SMILES string of the molecule is CC(C)(O)CCc1ccc2[nH]cc(C[C@H]3CCCN3C[C@@H]3CCCO3)c2c1. The van der Waals surface area contributed by atoms with Crippen molar-refractivity contribution in [1.29, 1.82) is 0 Å². The lowest BCUT2D eigenvalue weighted by molar-refractivity contribution is 0.0690. The van der Waals surface area contributed by atoms with Crippen molar-refractivity contribution in [2.45, 2.75) is 76.5 Å². The van der Waals surface area contributed by atoms with Crippen LogP contribution in [0.1, 0.15) is 57.1 Å². The number of nitrogens with zero attached hydrogens (tertiary/aromatic N) is 1. The Bertz CT molecular complexity index is 755. The smallest absolute Gasteiger partial charge is 0.0702 e. The summed E-state index contributed by atoms with van der Waals surface area (Å²) in [6, 6.07) is 7.34. The maximum absolute atomic E-state index is 10.0. The largest absolute Gasteiger partial charge is 0.390 e. The number of aryl methyl sites for hydroxylation is 1. The fourth-order valence-corrected chi connectivity index (χ4v) is 4.67. The van der Waals surface area contributed by atoms with E-state index in [1.54, 1.807) is 0 Å². The molecule has 2 saturated heterocycles. The van der Waals surface area contributed by atoms with Crippen LogP contribution in [-0.2, 0) is 17.6 Å². The van der Waals surface area contributed by atoms with Gasteiger partial charge in [-0.1, -0.05) is 6.07 Å². The lowest BCUT2D eigenvalue weighted by atomic mass is 9.96. The summed E-state index contributed by atoms with van der Waals surface area (Å²) in [5.41, 5.74) is 3.36. The minimum absolute atomic E-state index is 0.446. The molecule has 1 aromatic heterocycles. The number of fused-ring (bicyclic) bond motifs is 1. The highest BCUT2D eigenvalue weighted by Gasteiger charge is 2.29. The van der Waals surface area contributed by atoms with Crippen molar-refractivity contribution in [2.75, 3.05) is 19.7 Å². The van der Waals surface area contributed by atoms with Gasteiger partial charge in [-0.2, -0.15) is 0 Å². The standard InChI is InChI=1S/C23H34N2O2/c1-23(2,26)10-9-17-7-8-22-21(13-17)18(15-24-22)14-19-5-3-11-25(19)16-20-6-4-12-27-20/h7-8,13,15,19-20,24,26H,3-6,9-12,14,16H2,1-2H3/t19-,20+/m1/s1. The number of hydrogen-bond donors (Lipinski definition) is 2. The Morgan fingerprint density at radius 2 is 2.15 bits per heavy atom. The molecule has 148 valence electrons. The zero-order valence-electron chi connectivity index (χ0n) is 16.8. The Balaban J connectivity index is 1.46. The van der Waals surface area contributed by atoms with Gasteiger partial charge in [-0.05, 0) is 88.6 Å². The third-order valence-electron chi connectivity index (χ3n) is 6.27. The van der Waals surface area contributed by atoms with E-state index in [2.05, 4.69) is 34.3 Å². The molecule has 4 heteroatoms. The third kappa shape index (κ3) is 4.74. The number of likely N-dealkylation sites (tertiary alicyclic amines) is 1. The minimum atomic E-state index is -0.609. The molecule has 0 saturated carbocycles. The summed E-state index contributed by atoms with van der Waals surface area (Å²) in [6.07, 6.45) is 10.5. The highest BCUT2D eigenvalue weighted by Crippen LogP contribution is 2.28. The van der Waals surface area contributed by atoms with Crippen LogP contribution in [0.4, 0.5) is 0 Å². The van der Waals surface area contributed by atoms with Gasteiger partial charge in [0.15, 0.2) is 0 Å². The second-order valence-electron chi connectivity index (χ2n) is 9.14. The van der Waals surface area contributed by atoms with Crippen molar-refractivity contribution in [3.05, 3.63) is 35.5 Å². The van der Waals surface area contributed by atoms with Gasteiger partial charge in [0, 0.05) is 36.3 Å². The molecule has 2 aliphatic rings. The number of aliphatic hydroxyl groups is 1. The Labute approximate surface area is 162 Å². The average molecular weight is 371 g/mol. The lowest BCUT2D eigenvalue weighted by Gasteiger charge is -2.26. The maximum atomic E-state index is 10.0. The Morgan fingerprint density at radius 3 is 2.93 bits per heavy atom. The van der Waals surface area contributed by atoms with Crippen molar-refractivity contribution in [3.8, 4) is 0 Å². The number of benzene rings is 1. The molecule has 2 fully saturated rings. The summed E-state index contributed by atoms with van der Waals surface area (Å²) in [4.78, 5) is 6.12. The molecule has 4 nitrogen and oxygen atoms in total. The van der Waals surface area contributed by atoms with E-state index in [0.717, 1.165) is 32.4 Å². The summed E-state index contributed by atoms with van der Waals surface area (Å²) < 4.78 is 5.87. The first kappa shape index (κ1) is 19.0. The Morgan fingerprint density at radius 1 is 1.26 bits per heavy atom. The number of nitrogens with one attached hydrogen (secondary N) is 1. The van der Waals surface area contributed by atoms with Crippen LogP contribution in [0, 0.1) is 0 Å². The fourth-order valence-electron chi connectivity index (χ4n) is 4.67. The zero-order valence-corrected chi connectivity index (χ0v) is 16.8. The Kier molecular flexibility index (Phi) is 5.58. The number of ether oxygens (including phenoxy) is 1. The normalized spacial score (nSPS) is 24.3. The predicted molar refractivity (Wildman–Crippen MR) is 110 cm³/mol.